The largest absolute Gasteiger partial charge is 0.508 e. The number of aromatic hydroxyl groups is 1. The molecule has 5 nitrogen and oxygen atoms in total. The van der Waals surface area contributed by atoms with Crippen LogP contribution >= 0.6 is 0 Å². The second-order valence-electron chi connectivity index (χ2n) is 4.13. The maximum Gasteiger partial charge on any atom is 0.335 e. The van der Waals surface area contributed by atoms with Crippen LogP contribution in [0.4, 0.5) is 0 Å². The fraction of sp³-hybridized carbons (Fsp3) is 0.133. The molecule has 0 aromatic heterocycles. The maximum absolute atomic E-state index is 10.9. The third-order valence-electron chi connectivity index (χ3n) is 2.74. The summed E-state index contributed by atoms with van der Waals surface area (Å²) in [6, 6.07) is 11.1. The number of carboxylic acids is 1. The van der Waals surface area contributed by atoms with Crippen LogP contribution in [0.1, 0.15) is 15.9 Å². The van der Waals surface area contributed by atoms with Crippen LogP contribution in [0.3, 0.4) is 0 Å². The fourth-order valence-corrected chi connectivity index (χ4v) is 1.67. The smallest absolute Gasteiger partial charge is 0.335 e. The normalized spacial score (nSPS) is 10.1. The van der Waals surface area contributed by atoms with E-state index in [0.717, 1.165) is 5.56 Å². The lowest BCUT2D eigenvalue weighted by Gasteiger charge is -2.11. The van der Waals surface area contributed by atoms with E-state index in [0.29, 0.717) is 18.1 Å². The quantitative estimate of drug-likeness (QED) is 0.876. The Kier molecular flexibility index (Phi) is 4.10. The van der Waals surface area contributed by atoms with Crippen molar-refractivity contribution in [2.45, 2.75) is 6.61 Å². The highest BCUT2D eigenvalue weighted by Crippen LogP contribution is 2.29. The number of phenolic OH excluding ortho intramolecular Hbond substituents is 1. The molecule has 0 saturated carbocycles. The van der Waals surface area contributed by atoms with Crippen LogP contribution in [0.2, 0.25) is 0 Å². The lowest BCUT2D eigenvalue weighted by atomic mass is 10.2. The summed E-state index contributed by atoms with van der Waals surface area (Å²) >= 11 is 0. The molecule has 0 amide bonds. The van der Waals surface area contributed by atoms with Gasteiger partial charge in [0, 0.05) is 0 Å². The van der Waals surface area contributed by atoms with Crippen molar-refractivity contribution in [2.75, 3.05) is 7.11 Å². The van der Waals surface area contributed by atoms with Gasteiger partial charge in [0.25, 0.3) is 0 Å². The van der Waals surface area contributed by atoms with Crippen molar-refractivity contribution in [3.63, 3.8) is 0 Å². The van der Waals surface area contributed by atoms with Crippen LogP contribution in [0.5, 0.6) is 17.2 Å². The summed E-state index contributed by atoms with van der Waals surface area (Å²) in [6.45, 7) is 0.295. The van der Waals surface area contributed by atoms with Crippen LogP contribution < -0.4 is 9.47 Å². The number of aromatic carboxylic acids is 1. The summed E-state index contributed by atoms with van der Waals surface area (Å²) < 4.78 is 10.7. The number of hydrogen-bond donors (Lipinski definition) is 2. The Morgan fingerprint density at radius 3 is 2.40 bits per heavy atom. The van der Waals surface area contributed by atoms with Gasteiger partial charge in [-0.2, -0.15) is 0 Å². The highest BCUT2D eigenvalue weighted by atomic mass is 16.5. The molecule has 0 radical (unpaired) electrons. The Morgan fingerprint density at radius 1 is 1.10 bits per heavy atom. The van der Waals surface area contributed by atoms with E-state index in [1.807, 2.05) is 0 Å². The van der Waals surface area contributed by atoms with Crippen LogP contribution in [0.15, 0.2) is 42.5 Å². The summed E-state index contributed by atoms with van der Waals surface area (Å²) in [7, 11) is 1.45. The lowest BCUT2D eigenvalue weighted by Crippen LogP contribution is -2.01. The molecule has 0 atom stereocenters. The third kappa shape index (κ3) is 3.20. The first kappa shape index (κ1) is 13.7. The number of methoxy groups -OCH3 is 1. The number of hydrogen-bond acceptors (Lipinski definition) is 4. The van der Waals surface area contributed by atoms with Gasteiger partial charge in [-0.15, -0.1) is 0 Å². The number of carboxylic acid groups (broad SMARTS) is 1. The Balaban J connectivity index is 2.12. The molecule has 104 valence electrons. The Morgan fingerprint density at radius 2 is 1.80 bits per heavy atom. The molecule has 2 rings (SSSR count). The van der Waals surface area contributed by atoms with Crippen molar-refractivity contribution in [1.82, 2.24) is 0 Å². The van der Waals surface area contributed by atoms with Gasteiger partial charge in [-0.05, 0) is 35.9 Å². The minimum Gasteiger partial charge on any atom is -0.508 e. The zero-order valence-electron chi connectivity index (χ0n) is 10.9. The number of carbonyl (C=O) groups is 1. The van der Waals surface area contributed by atoms with E-state index in [1.165, 1.54) is 19.2 Å². The monoisotopic (exact) mass is 274 g/mol. The second kappa shape index (κ2) is 5.97. The molecule has 0 fully saturated rings. The first-order valence-corrected chi connectivity index (χ1v) is 5.92. The molecule has 0 aliphatic carbocycles. The minimum absolute atomic E-state index is 0.138. The van der Waals surface area contributed by atoms with Crippen LogP contribution in [-0.2, 0) is 6.61 Å². The van der Waals surface area contributed by atoms with Crippen molar-refractivity contribution in [3.05, 3.63) is 53.6 Å². The Labute approximate surface area is 116 Å². The molecule has 0 aliphatic rings. The molecule has 5 heteroatoms. The highest BCUT2D eigenvalue weighted by molar-refractivity contribution is 5.88. The maximum atomic E-state index is 10.9. The zero-order chi connectivity index (χ0) is 14.5. The van der Waals surface area contributed by atoms with Crippen molar-refractivity contribution in [2.24, 2.45) is 0 Å². The van der Waals surface area contributed by atoms with Gasteiger partial charge in [0.05, 0.1) is 12.7 Å². The molecular weight excluding hydrogens is 260 g/mol. The van der Waals surface area contributed by atoms with Crippen molar-refractivity contribution in [3.8, 4) is 17.2 Å². The van der Waals surface area contributed by atoms with Crippen molar-refractivity contribution in [1.29, 1.82) is 0 Å². The minimum atomic E-state index is -1.02. The van der Waals surface area contributed by atoms with E-state index >= 15 is 0 Å². The average Bonchev–Trinajstić information content (AvgIpc) is 2.46. The van der Waals surface area contributed by atoms with Crippen molar-refractivity contribution >= 4 is 5.97 Å². The fourth-order valence-electron chi connectivity index (χ4n) is 1.67. The molecule has 20 heavy (non-hydrogen) atoms. The van der Waals surface area contributed by atoms with E-state index in [2.05, 4.69) is 0 Å². The molecule has 2 N–H and O–H groups in total. The topological polar surface area (TPSA) is 76.0 Å². The summed E-state index contributed by atoms with van der Waals surface area (Å²) in [5.74, 6) is -0.000204. The van der Waals surface area contributed by atoms with E-state index in [-0.39, 0.29) is 11.3 Å². The van der Waals surface area contributed by atoms with Gasteiger partial charge in [-0.25, -0.2) is 4.79 Å². The SMILES string of the molecule is COc1cc(C(=O)O)ccc1OCc1ccc(O)cc1. The molecule has 2 aromatic rings. The lowest BCUT2D eigenvalue weighted by molar-refractivity contribution is 0.0696. The van der Waals surface area contributed by atoms with Crippen LogP contribution in [-0.4, -0.2) is 23.3 Å². The van der Waals surface area contributed by atoms with Gasteiger partial charge in [0.2, 0.25) is 0 Å². The van der Waals surface area contributed by atoms with Gasteiger partial charge < -0.3 is 19.7 Å². The third-order valence-corrected chi connectivity index (χ3v) is 2.74. The number of ether oxygens (including phenoxy) is 2. The van der Waals surface area contributed by atoms with Gasteiger partial charge in [-0.1, -0.05) is 12.1 Å². The molecule has 0 spiro atoms. The van der Waals surface area contributed by atoms with Gasteiger partial charge >= 0.3 is 5.97 Å². The summed E-state index contributed by atoms with van der Waals surface area (Å²) in [4.78, 5) is 10.9. The Bertz CT molecular complexity index is 604. The predicted octanol–water partition coefficient (Wildman–Crippen LogP) is 2.68. The van der Waals surface area contributed by atoms with Gasteiger partial charge in [0.1, 0.15) is 12.4 Å². The molecule has 0 unspecified atom stereocenters. The van der Waals surface area contributed by atoms with Gasteiger partial charge in [0.15, 0.2) is 11.5 Å². The summed E-state index contributed by atoms with van der Waals surface area (Å²) in [5, 5.41) is 18.1. The molecule has 2 aromatic carbocycles. The summed E-state index contributed by atoms with van der Waals surface area (Å²) in [5.41, 5.74) is 1.02. The first-order chi connectivity index (χ1) is 9.60. The molecule has 0 saturated heterocycles. The highest BCUT2D eigenvalue weighted by Gasteiger charge is 2.10. The zero-order valence-corrected chi connectivity index (χ0v) is 10.9. The molecular formula is C15H14O5. The molecule has 0 bridgehead atoms. The van der Waals surface area contributed by atoms with Gasteiger partial charge in [-0.3, -0.25) is 0 Å². The molecule has 0 aliphatic heterocycles. The standard InChI is InChI=1S/C15H14O5/c1-19-14-8-11(15(17)18)4-7-13(14)20-9-10-2-5-12(16)6-3-10/h2-8,16H,9H2,1H3,(H,17,18). The van der Waals surface area contributed by atoms with E-state index in [9.17, 15) is 9.90 Å². The molecule has 0 heterocycles. The van der Waals surface area contributed by atoms with E-state index in [1.54, 1.807) is 30.3 Å². The Hall–Kier alpha value is -2.69. The average molecular weight is 274 g/mol. The second-order valence-corrected chi connectivity index (χ2v) is 4.13. The number of rotatable bonds is 5. The van der Waals surface area contributed by atoms with E-state index in [4.69, 9.17) is 14.6 Å². The number of benzene rings is 2. The van der Waals surface area contributed by atoms with E-state index < -0.39 is 5.97 Å². The van der Waals surface area contributed by atoms with Crippen molar-refractivity contribution < 1.29 is 24.5 Å². The number of phenols is 1. The first-order valence-electron chi connectivity index (χ1n) is 5.92. The predicted molar refractivity (Wildman–Crippen MR) is 72.4 cm³/mol. The van der Waals surface area contributed by atoms with Crippen LogP contribution in [0.25, 0.3) is 0 Å². The summed E-state index contributed by atoms with van der Waals surface area (Å²) in [6.07, 6.45) is 0. The van der Waals surface area contributed by atoms with Crippen LogP contribution in [0, 0.1) is 0 Å².